The molecule has 3 radical (unpaired) electrons. The Kier molecular flexibility index (Phi) is 101. The molecule has 4 heavy (non-hydrogen) atoms. The molecular weight excluding hydrogens is 364 g/mol. The van der Waals surface area contributed by atoms with Crippen LogP contribution in [-0.4, -0.2) is 88.1 Å². The SMILES string of the molecule is [CaH2].[MgH2].[Nb].[PbH2]. The van der Waals surface area contributed by atoms with Crippen molar-refractivity contribution in [2.45, 2.75) is 0 Å². The molecule has 0 spiro atoms. The van der Waals surface area contributed by atoms with Crippen molar-refractivity contribution < 1.29 is 22.4 Å². The van der Waals surface area contributed by atoms with Gasteiger partial charge in [0.25, 0.3) is 0 Å². The Morgan fingerprint density at radius 2 is 1.00 bits per heavy atom. The molecule has 0 heterocycles. The van der Waals surface area contributed by atoms with Crippen LogP contribution in [0.2, 0.25) is 0 Å². The van der Waals surface area contributed by atoms with E-state index in [1.165, 1.54) is 0 Å². The number of hydrogen-bond acceptors (Lipinski definition) is 0. The fourth-order valence-corrected chi connectivity index (χ4v) is 0. The second kappa shape index (κ2) is 15.9. The standard InChI is InChI=1S/Ca.Mg.Nb.Pb.6H. The summed E-state index contributed by atoms with van der Waals surface area (Å²) in [7, 11) is 0. The Labute approximate surface area is 108 Å². The van der Waals surface area contributed by atoms with Gasteiger partial charge in [-0.1, -0.05) is 0 Å². The van der Waals surface area contributed by atoms with Gasteiger partial charge in [-0.05, 0) is 0 Å². The minimum atomic E-state index is 0. The van der Waals surface area contributed by atoms with Crippen LogP contribution in [0.4, 0.5) is 0 Å². The molecule has 0 aromatic rings. The third-order valence-electron chi connectivity index (χ3n) is 0. The molecule has 0 aromatic heterocycles. The molecule has 19 valence electrons. The van der Waals surface area contributed by atoms with Crippen LogP contribution in [0, 0.1) is 0 Å². The van der Waals surface area contributed by atoms with Gasteiger partial charge in [0, 0.05) is 22.4 Å². The fourth-order valence-electron chi connectivity index (χ4n) is 0. The predicted octanol–water partition coefficient (Wildman–Crippen LogP) is -2.75. The zero-order valence-corrected chi connectivity index (χ0v) is 8.85. The molecule has 0 rings (SSSR count). The van der Waals surface area contributed by atoms with Gasteiger partial charge in [0.2, 0.25) is 0 Å². The number of rotatable bonds is 0. The van der Waals surface area contributed by atoms with E-state index < -0.39 is 0 Å². The first kappa shape index (κ1) is 25.3. The van der Waals surface area contributed by atoms with E-state index in [0.717, 1.165) is 0 Å². The predicted molar refractivity (Wildman–Crippen MR) is 25.6 cm³/mol. The Balaban J connectivity index is 0. The first-order valence-corrected chi connectivity index (χ1v) is 0. The fraction of sp³-hybridized carbons (Fsp3) is 0. The topological polar surface area (TPSA) is 0 Å². The first-order chi connectivity index (χ1) is 0. The van der Waals surface area contributed by atoms with Crippen LogP contribution in [-0.2, 0) is 22.4 Å². The third kappa shape index (κ3) is 9.19. The van der Waals surface area contributed by atoms with Gasteiger partial charge in [0.1, 0.15) is 0 Å². The van der Waals surface area contributed by atoms with Crippen LogP contribution in [0.25, 0.3) is 0 Å². The average molecular weight is 371 g/mol. The Hall–Kier alpha value is 3.69. The second-order valence-corrected chi connectivity index (χ2v) is 0. The zero-order valence-electron chi connectivity index (χ0n) is 1.15. The molecule has 0 amide bonds. The van der Waals surface area contributed by atoms with Crippen molar-refractivity contribution in [1.29, 1.82) is 0 Å². The first-order valence-electron chi connectivity index (χ1n) is 0. The van der Waals surface area contributed by atoms with E-state index >= 15 is 0 Å². The summed E-state index contributed by atoms with van der Waals surface area (Å²) in [6, 6.07) is 0. The van der Waals surface area contributed by atoms with E-state index in [-0.39, 0.29) is 110 Å². The summed E-state index contributed by atoms with van der Waals surface area (Å²) in [4.78, 5) is 0. The molecule has 0 saturated heterocycles. The van der Waals surface area contributed by atoms with Gasteiger partial charge in [-0.25, -0.2) is 0 Å². The molecule has 0 fully saturated rings. The van der Waals surface area contributed by atoms with Crippen LogP contribution in [0.5, 0.6) is 0 Å². The molecule has 0 aliphatic heterocycles. The summed E-state index contributed by atoms with van der Waals surface area (Å²) in [6.07, 6.45) is 0. The van der Waals surface area contributed by atoms with Crippen LogP contribution in [0.15, 0.2) is 0 Å². The van der Waals surface area contributed by atoms with Gasteiger partial charge in [0.05, 0.1) is 0 Å². The number of hydrogen-bond donors (Lipinski definition) is 0. The molecule has 0 N–H and O–H groups in total. The maximum atomic E-state index is 0. The summed E-state index contributed by atoms with van der Waals surface area (Å²) in [6.45, 7) is 0. The molecule has 0 aliphatic carbocycles. The van der Waals surface area contributed by atoms with Crippen molar-refractivity contribution >= 4 is 88.1 Å². The van der Waals surface area contributed by atoms with Crippen molar-refractivity contribution in [2.24, 2.45) is 0 Å². The molecule has 0 bridgehead atoms. The van der Waals surface area contributed by atoms with Crippen molar-refractivity contribution in [3.8, 4) is 0 Å². The van der Waals surface area contributed by atoms with E-state index in [1.54, 1.807) is 0 Å². The van der Waals surface area contributed by atoms with Crippen LogP contribution >= 0.6 is 0 Å². The van der Waals surface area contributed by atoms with Gasteiger partial charge in [0.15, 0.2) is 0 Å². The van der Waals surface area contributed by atoms with Gasteiger partial charge >= 0.3 is 88.1 Å². The maximum absolute atomic E-state index is 0. The van der Waals surface area contributed by atoms with Crippen molar-refractivity contribution in [1.82, 2.24) is 0 Å². The zero-order chi connectivity index (χ0) is 0. The van der Waals surface area contributed by atoms with E-state index in [2.05, 4.69) is 0 Å². The molecule has 0 saturated carbocycles. The Morgan fingerprint density at radius 3 is 1.00 bits per heavy atom. The summed E-state index contributed by atoms with van der Waals surface area (Å²) in [5.41, 5.74) is 0. The molecule has 0 atom stereocenters. The van der Waals surface area contributed by atoms with Crippen LogP contribution in [0.3, 0.4) is 0 Å². The van der Waals surface area contributed by atoms with Crippen molar-refractivity contribution in [2.75, 3.05) is 0 Å². The van der Waals surface area contributed by atoms with Crippen molar-refractivity contribution in [3.05, 3.63) is 0 Å². The van der Waals surface area contributed by atoms with Crippen LogP contribution < -0.4 is 0 Å². The minimum absolute atomic E-state index is 0. The van der Waals surface area contributed by atoms with Gasteiger partial charge in [-0.2, -0.15) is 0 Å². The average Bonchev–Trinajstić information content (AvgIpc) is 0. The summed E-state index contributed by atoms with van der Waals surface area (Å²) in [5.74, 6) is 0. The summed E-state index contributed by atoms with van der Waals surface area (Å²) < 4.78 is 0. The van der Waals surface area contributed by atoms with Gasteiger partial charge < -0.3 is 0 Å². The normalized spacial score (nSPS) is 0. The second-order valence-electron chi connectivity index (χ2n) is 0. The molecule has 0 aliphatic rings. The van der Waals surface area contributed by atoms with Gasteiger partial charge in [-0.15, -0.1) is 0 Å². The molecule has 4 heteroatoms. The van der Waals surface area contributed by atoms with E-state index in [1.807, 2.05) is 0 Å². The van der Waals surface area contributed by atoms with E-state index in [0.29, 0.717) is 0 Å². The summed E-state index contributed by atoms with van der Waals surface area (Å²) in [5, 5.41) is 0. The van der Waals surface area contributed by atoms with E-state index in [9.17, 15) is 0 Å². The Morgan fingerprint density at radius 1 is 1.00 bits per heavy atom. The van der Waals surface area contributed by atoms with Crippen molar-refractivity contribution in [3.63, 3.8) is 0 Å². The Bertz CT molecular complexity index is 8.00. The quantitative estimate of drug-likeness (QED) is 0.406. The molecule has 0 unspecified atom stereocenters. The third-order valence-corrected chi connectivity index (χ3v) is 0. The molecule has 0 nitrogen and oxygen atoms in total. The van der Waals surface area contributed by atoms with Gasteiger partial charge in [-0.3, -0.25) is 0 Å². The monoisotopic (exact) mass is 371 g/mol. The van der Waals surface area contributed by atoms with Crippen LogP contribution in [0.1, 0.15) is 0 Å². The summed E-state index contributed by atoms with van der Waals surface area (Å²) >= 11 is 0. The van der Waals surface area contributed by atoms with E-state index in [4.69, 9.17) is 0 Å². The molecular formula is H6CaMgNbPb. The molecule has 0 aromatic carbocycles.